The Morgan fingerprint density at radius 2 is 1.91 bits per heavy atom. The van der Waals surface area contributed by atoms with Crippen molar-refractivity contribution in [2.45, 2.75) is 45.1 Å². The second-order valence-corrected chi connectivity index (χ2v) is 7.64. The highest BCUT2D eigenvalue weighted by Crippen LogP contribution is 2.33. The maximum absolute atomic E-state index is 11.8. The Morgan fingerprint density at radius 3 is 2.39 bits per heavy atom. The van der Waals surface area contributed by atoms with Crippen molar-refractivity contribution in [1.82, 2.24) is 0 Å². The van der Waals surface area contributed by atoms with Crippen LogP contribution in [0.1, 0.15) is 35.3 Å². The van der Waals surface area contributed by atoms with Crippen molar-refractivity contribution in [1.29, 1.82) is 0 Å². The molecule has 0 N–H and O–H groups in total. The smallest absolute Gasteiger partial charge is 0.337 e. The maximum Gasteiger partial charge on any atom is 0.337 e. The van der Waals surface area contributed by atoms with E-state index in [1.807, 2.05) is 18.2 Å². The molecule has 0 spiro atoms. The van der Waals surface area contributed by atoms with Crippen LogP contribution in [-0.2, 0) is 25.4 Å². The molecule has 0 bridgehead atoms. The normalized spacial score (nSPS) is 13.8. The first kappa shape index (κ1) is 19.8. The van der Waals surface area contributed by atoms with Gasteiger partial charge in [-0.2, -0.15) is 0 Å². The minimum Gasteiger partial charge on any atom is -0.465 e. The average molecular weight is 353 g/mol. The molecule has 0 aromatic heterocycles. The van der Waals surface area contributed by atoms with Crippen LogP contribution in [0.15, 0.2) is 30.9 Å². The number of carbonyl (C=O) groups excluding carboxylic acids is 1. The van der Waals surface area contributed by atoms with Gasteiger partial charge in [-0.1, -0.05) is 39.1 Å². The molecule has 0 fully saturated rings. The molecule has 0 saturated heterocycles. The van der Waals surface area contributed by atoms with Crippen molar-refractivity contribution in [3.63, 3.8) is 0 Å². The number of allylic oxidation sites excluding steroid dienone is 1. The van der Waals surface area contributed by atoms with E-state index in [0.29, 0.717) is 12.0 Å². The first-order chi connectivity index (χ1) is 10.9. The fourth-order valence-corrected chi connectivity index (χ4v) is 4.51. The molecular formula is C17H28O4Si2. The Morgan fingerprint density at radius 1 is 1.30 bits per heavy atom. The highest BCUT2D eigenvalue weighted by Gasteiger charge is 2.34. The zero-order valence-corrected chi connectivity index (χ0v) is 17.7. The summed E-state index contributed by atoms with van der Waals surface area (Å²) in [6, 6.07) is 5.67. The standard InChI is InChI=1S/C17H28O4Si2/c1-7-8-12-11-13(15(18)19-4)9-10-14(12)17(2,3)16(20-22-5)21-23-6/h7,9-11,16H,1,8,22-23H2,2-6H3. The predicted molar refractivity (Wildman–Crippen MR) is 99.5 cm³/mol. The number of benzene rings is 1. The van der Waals surface area contributed by atoms with Crippen LogP contribution < -0.4 is 0 Å². The fraction of sp³-hybridized carbons (Fsp3) is 0.471. The Hall–Kier alpha value is -1.22. The Bertz CT molecular complexity index is 537. The molecule has 0 heterocycles. The van der Waals surface area contributed by atoms with Crippen molar-refractivity contribution < 1.29 is 18.4 Å². The van der Waals surface area contributed by atoms with Gasteiger partial charge in [0, 0.05) is 5.41 Å². The highest BCUT2D eigenvalue weighted by atomic mass is 28.2. The molecule has 1 aromatic rings. The van der Waals surface area contributed by atoms with E-state index in [2.05, 4.69) is 33.5 Å². The van der Waals surface area contributed by atoms with Crippen LogP contribution in [0.5, 0.6) is 0 Å². The molecular weight excluding hydrogens is 324 g/mol. The monoisotopic (exact) mass is 352 g/mol. The molecule has 0 aliphatic heterocycles. The van der Waals surface area contributed by atoms with Crippen molar-refractivity contribution in [3.05, 3.63) is 47.5 Å². The van der Waals surface area contributed by atoms with Gasteiger partial charge in [0.05, 0.1) is 12.7 Å². The van der Waals surface area contributed by atoms with Crippen LogP contribution in [0.2, 0.25) is 13.1 Å². The van der Waals surface area contributed by atoms with Crippen LogP contribution in [0.25, 0.3) is 0 Å². The summed E-state index contributed by atoms with van der Waals surface area (Å²) in [6.07, 6.45) is 2.29. The van der Waals surface area contributed by atoms with E-state index in [-0.39, 0.29) is 17.7 Å². The van der Waals surface area contributed by atoms with Gasteiger partial charge in [-0.15, -0.1) is 6.58 Å². The molecule has 1 aromatic carbocycles. The number of carbonyl (C=O) groups is 1. The molecule has 0 radical (unpaired) electrons. The maximum atomic E-state index is 11.8. The van der Waals surface area contributed by atoms with Gasteiger partial charge >= 0.3 is 5.97 Å². The van der Waals surface area contributed by atoms with Gasteiger partial charge in [-0.25, -0.2) is 4.79 Å². The van der Waals surface area contributed by atoms with Crippen molar-refractivity contribution in [3.8, 4) is 0 Å². The molecule has 4 nitrogen and oxygen atoms in total. The summed E-state index contributed by atoms with van der Waals surface area (Å²) in [7, 11) is 0.224. The van der Waals surface area contributed by atoms with E-state index in [9.17, 15) is 4.79 Å². The molecule has 0 aliphatic carbocycles. The van der Waals surface area contributed by atoms with Gasteiger partial charge in [-0.3, -0.25) is 0 Å². The third-order valence-corrected chi connectivity index (χ3v) is 5.08. The van der Waals surface area contributed by atoms with Crippen LogP contribution in [-0.4, -0.2) is 38.9 Å². The molecule has 128 valence electrons. The largest absolute Gasteiger partial charge is 0.465 e. The third kappa shape index (κ3) is 4.88. The lowest BCUT2D eigenvalue weighted by atomic mass is 9.80. The van der Waals surface area contributed by atoms with Crippen molar-refractivity contribution >= 4 is 25.5 Å². The molecule has 1 rings (SSSR count). The lowest BCUT2D eigenvalue weighted by molar-refractivity contribution is -0.0435. The summed E-state index contributed by atoms with van der Waals surface area (Å²) in [4.78, 5) is 11.8. The molecule has 0 atom stereocenters. The second-order valence-electron chi connectivity index (χ2n) is 5.82. The predicted octanol–water partition coefficient (Wildman–Crippen LogP) is 2.10. The van der Waals surface area contributed by atoms with Gasteiger partial charge in [-0.05, 0) is 29.7 Å². The highest BCUT2D eigenvalue weighted by molar-refractivity contribution is 6.26. The van der Waals surface area contributed by atoms with E-state index in [1.165, 1.54) is 7.11 Å². The quantitative estimate of drug-likeness (QED) is 0.295. The number of ether oxygens (including phenoxy) is 1. The van der Waals surface area contributed by atoms with Gasteiger partial charge < -0.3 is 13.6 Å². The average Bonchev–Trinajstić information content (AvgIpc) is 2.54. The van der Waals surface area contributed by atoms with Crippen molar-refractivity contribution in [2.75, 3.05) is 7.11 Å². The topological polar surface area (TPSA) is 44.8 Å². The Labute approximate surface area is 144 Å². The summed E-state index contributed by atoms with van der Waals surface area (Å²) in [5, 5.41) is 0. The number of hydrogen-bond acceptors (Lipinski definition) is 4. The SMILES string of the molecule is C=CCc1cc(C(=O)OC)ccc1C(C)(C)C(O[SiH2]C)O[SiH2]C. The second kappa shape index (κ2) is 9.17. The van der Waals surface area contributed by atoms with Crippen LogP contribution in [0.3, 0.4) is 0 Å². The molecule has 0 saturated carbocycles. The summed E-state index contributed by atoms with van der Waals surface area (Å²) in [5.74, 6) is -0.328. The van der Waals surface area contributed by atoms with Gasteiger partial charge in [0.15, 0.2) is 19.5 Å². The molecule has 0 amide bonds. The lowest BCUT2D eigenvalue weighted by Crippen LogP contribution is -2.40. The summed E-state index contributed by atoms with van der Waals surface area (Å²) >= 11 is 0. The molecule has 23 heavy (non-hydrogen) atoms. The van der Waals surface area contributed by atoms with Crippen LogP contribution in [0.4, 0.5) is 0 Å². The molecule has 0 unspecified atom stereocenters. The first-order valence-electron chi connectivity index (χ1n) is 7.98. The zero-order valence-electron chi connectivity index (χ0n) is 14.8. The number of methoxy groups -OCH3 is 1. The Balaban J connectivity index is 3.31. The summed E-state index contributed by atoms with van der Waals surface area (Å²) in [6.45, 7) is 12.3. The van der Waals surface area contributed by atoms with E-state index >= 15 is 0 Å². The van der Waals surface area contributed by atoms with Gasteiger partial charge in [0.1, 0.15) is 6.29 Å². The molecule has 0 aliphatic rings. The van der Waals surface area contributed by atoms with E-state index in [4.69, 9.17) is 13.6 Å². The summed E-state index contributed by atoms with van der Waals surface area (Å²) < 4.78 is 16.8. The minimum absolute atomic E-state index is 0.233. The lowest BCUT2D eigenvalue weighted by Gasteiger charge is -2.36. The third-order valence-electron chi connectivity index (χ3n) is 3.81. The van der Waals surface area contributed by atoms with Gasteiger partial charge in [0.2, 0.25) is 0 Å². The Kier molecular flexibility index (Phi) is 7.91. The zero-order chi connectivity index (χ0) is 17.5. The minimum atomic E-state index is -0.584. The number of esters is 1. The molecule has 6 heteroatoms. The van der Waals surface area contributed by atoms with E-state index < -0.39 is 19.5 Å². The first-order valence-corrected chi connectivity index (χ1v) is 12.0. The van der Waals surface area contributed by atoms with Crippen molar-refractivity contribution in [2.24, 2.45) is 0 Å². The van der Waals surface area contributed by atoms with Crippen LogP contribution >= 0.6 is 0 Å². The summed E-state index contributed by atoms with van der Waals surface area (Å²) in [5.41, 5.74) is 2.44. The van der Waals surface area contributed by atoms with Crippen LogP contribution in [0, 0.1) is 0 Å². The van der Waals surface area contributed by atoms with Gasteiger partial charge in [0.25, 0.3) is 0 Å². The number of rotatable bonds is 9. The number of hydrogen-bond donors (Lipinski definition) is 0. The van der Waals surface area contributed by atoms with E-state index in [0.717, 1.165) is 11.1 Å². The van der Waals surface area contributed by atoms with E-state index in [1.54, 1.807) is 6.07 Å². The fourth-order valence-electron chi connectivity index (χ4n) is 2.69.